The lowest BCUT2D eigenvalue weighted by atomic mass is 9.84. The second-order valence-electron chi connectivity index (χ2n) is 8.12. The fourth-order valence-electron chi connectivity index (χ4n) is 3.44. The predicted molar refractivity (Wildman–Crippen MR) is 91.2 cm³/mol. The normalized spacial score (nSPS) is 22.1. The molecule has 1 fully saturated rings. The van der Waals surface area contributed by atoms with Crippen LogP contribution in [0, 0.1) is 11.7 Å². The average Bonchev–Trinajstić information content (AvgIpc) is 2.92. The molecule has 1 amide bonds. The van der Waals surface area contributed by atoms with Crippen molar-refractivity contribution in [2.75, 3.05) is 13.2 Å². The number of ether oxygens (including phenoxy) is 2. The molecule has 3 rings (SSSR count). The summed E-state index contributed by atoms with van der Waals surface area (Å²) >= 11 is 0. The van der Waals surface area contributed by atoms with Gasteiger partial charge in [0.15, 0.2) is 0 Å². The van der Waals surface area contributed by atoms with Gasteiger partial charge < -0.3 is 24.7 Å². The van der Waals surface area contributed by atoms with Crippen molar-refractivity contribution in [2.45, 2.75) is 50.9 Å². The Bertz CT molecular complexity index is 723. The van der Waals surface area contributed by atoms with E-state index in [4.69, 9.17) is 9.47 Å². The molecule has 1 aliphatic heterocycles. The van der Waals surface area contributed by atoms with Gasteiger partial charge in [0.05, 0.1) is 13.2 Å². The van der Waals surface area contributed by atoms with Crippen molar-refractivity contribution < 1.29 is 28.6 Å². The average molecular weight is 365 g/mol. The number of hydrogen-bond acceptors (Lipinski definition) is 5. The van der Waals surface area contributed by atoms with Crippen molar-refractivity contribution in [2.24, 2.45) is 5.92 Å². The summed E-state index contributed by atoms with van der Waals surface area (Å²) in [7, 11) is 0. The third-order valence-electron chi connectivity index (χ3n) is 4.76. The fraction of sp³-hybridized carbons (Fsp3) is 0.579. The molecule has 0 bridgehead atoms. The van der Waals surface area contributed by atoms with E-state index in [1.807, 2.05) is 0 Å². The van der Waals surface area contributed by atoms with Gasteiger partial charge in [0.25, 0.3) is 0 Å². The Labute approximate surface area is 151 Å². The van der Waals surface area contributed by atoms with Crippen molar-refractivity contribution in [3.63, 3.8) is 0 Å². The number of amides is 1. The summed E-state index contributed by atoms with van der Waals surface area (Å²) in [6, 6.07) is 2.98. The van der Waals surface area contributed by atoms with Crippen LogP contribution in [0.4, 0.5) is 9.18 Å². The molecule has 1 aromatic rings. The summed E-state index contributed by atoms with van der Waals surface area (Å²) in [6.45, 7) is 5.43. The quantitative estimate of drug-likeness (QED) is 0.798. The monoisotopic (exact) mass is 365 g/mol. The lowest BCUT2D eigenvalue weighted by Crippen LogP contribution is -2.66. The Morgan fingerprint density at radius 2 is 2.12 bits per heavy atom. The minimum absolute atomic E-state index is 0.100. The lowest BCUT2D eigenvalue weighted by Gasteiger charge is -2.45. The van der Waals surface area contributed by atoms with Crippen LogP contribution in [0.3, 0.4) is 0 Å². The zero-order chi connectivity index (χ0) is 19.1. The number of halogens is 1. The number of nitrogens with one attached hydrogen (secondary N) is 1. The Morgan fingerprint density at radius 3 is 2.65 bits per heavy atom. The fourth-order valence-corrected chi connectivity index (χ4v) is 3.44. The molecule has 6 nitrogen and oxygen atoms in total. The van der Waals surface area contributed by atoms with Crippen molar-refractivity contribution in [3.8, 4) is 0 Å². The minimum Gasteiger partial charge on any atom is -0.444 e. The highest BCUT2D eigenvalue weighted by Gasteiger charge is 2.48. The maximum Gasteiger partial charge on any atom is 0.408 e. The second kappa shape index (κ2) is 6.63. The van der Waals surface area contributed by atoms with E-state index >= 15 is 0 Å². The molecule has 2 N–H and O–H groups in total. The molecule has 0 aromatic heterocycles. The number of aldehydes is 1. The van der Waals surface area contributed by atoms with E-state index in [-0.39, 0.29) is 19.1 Å². The van der Waals surface area contributed by atoms with Crippen molar-refractivity contribution in [1.82, 2.24) is 5.32 Å². The maximum absolute atomic E-state index is 14.4. The first-order chi connectivity index (χ1) is 12.1. The van der Waals surface area contributed by atoms with Crippen LogP contribution in [-0.4, -0.2) is 41.8 Å². The molecular weight excluding hydrogens is 341 g/mol. The number of aliphatic hydroxyl groups is 1. The molecule has 2 aliphatic rings. The van der Waals surface area contributed by atoms with E-state index < -0.39 is 29.2 Å². The standard InChI is InChI=1S/C19H24FNO5/c1-18(2,3)26-17(24)21-19(9-25-10-19)16(23)13-6-12-4-11(8-22)5-14(12)15(20)7-13/h6-8,11,16,23H,4-5,9-10H2,1-3H3,(H,21,24). The topological polar surface area (TPSA) is 84.9 Å². The molecule has 0 spiro atoms. The Morgan fingerprint density at radius 1 is 1.42 bits per heavy atom. The number of fused-ring (bicyclic) bond motifs is 1. The number of hydrogen-bond donors (Lipinski definition) is 2. The highest BCUT2D eigenvalue weighted by Crippen LogP contribution is 2.37. The largest absolute Gasteiger partial charge is 0.444 e. The van der Waals surface area contributed by atoms with Crippen LogP contribution >= 0.6 is 0 Å². The number of carbonyl (C=O) groups excluding carboxylic acids is 2. The van der Waals surface area contributed by atoms with Gasteiger partial charge in [-0.3, -0.25) is 0 Å². The van der Waals surface area contributed by atoms with E-state index in [0.717, 1.165) is 11.8 Å². The number of benzene rings is 1. The van der Waals surface area contributed by atoms with Gasteiger partial charge in [-0.25, -0.2) is 9.18 Å². The lowest BCUT2D eigenvalue weighted by molar-refractivity contribution is -0.132. The first-order valence-corrected chi connectivity index (χ1v) is 8.67. The number of rotatable bonds is 4. The highest BCUT2D eigenvalue weighted by atomic mass is 19.1. The van der Waals surface area contributed by atoms with Gasteiger partial charge >= 0.3 is 6.09 Å². The molecule has 26 heavy (non-hydrogen) atoms. The van der Waals surface area contributed by atoms with Gasteiger partial charge in [-0.15, -0.1) is 0 Å². The molecule has 1 aliphatic carbocycles. The zero-order valence-corrected chi connectivity index (χ0v) is 15.2. The van der Waals surface area contributed by atoms with Crippen LogP contribution in [0.15, 0.2) is 12.1 Å². The van der Waals surface area contributed by atoms with Gasteiger partial charge in [-0.2, -0.15) is 0 Å². The molecule has 0 saturated carbocycles. The summed E-state index contributed by atoms with van der Waals surface area (Å²) in [4.78, 5) is 23.1. The third-order valence-corrected chi connectivity index (χ3v) is 4.76. The molecule has 1 aromatic carbocycles. The zero-order valence-electron chi connectivity index (χ0n) is 15.2. The number of aliphatic hydroxyl groups excluding tert-OH is 1. The summed E-state index contributed by atoms with van der Waals surface area (Å²) < 4.78 is 24.9. The van der Waals surface area contributed by atoms with Gasteiger partial charge in [0.1, 0.15) is 29.3 Å². The smallest absolute Gasteiger partial charge is 0.408 e. The van der Waals surface area contributed by atoms with E-state index in [2.05, 4.69) is 5.32 Å². The third kappa shape index (κ3) is 3.59. The van der Waals surface area contributed by atoms with Crippen LogP contribution in [-0.2, 0) is 27.1 Å². The minimum atomic E-state index is -1.15. The summed E-state index contributed by atoms with van der Waals surface area (Å²) in [6.07, 6.45) is -0.146. The molecule has 0 radical (unpaired) electrons. The van der Waals surface area contributed by atoms with Crippen molar-refractivity contribution in [3.05, 3.63) is 34.6 Å². The van der Waals surface area contributed by atoms with E-state index in [9.17, 15) is 19.1 Å². The Balaban J connectivity index is 1.81. The SMILES string of the molecule is CC(C)(C)OC(=O)NC1(C(O)c2cc(F)c3c(c2)CC(C=O)C3)COC1. The van der Waals surface area contributed by atoms with Crippen LogP contribution in [0.1, 0.15) is 43.6 Å². The molecule has 142 valence electrons. The molecule has 1 saturated heterocycles. The predicted octanol–water partition coefficient (Wildman–Crippen LogP) is 2.07. The van der Waals surface area contributed by atoms with E-state index in [0.29, 0.717) is 24.0 Å². The maximum atomic E-state index is 14.4. The summed E-state index contributed by atoms with van der Waals surface area (Å²) in [5.74, 6) is -0.665. The van der Waals surface area contributed by atoms with Crippen molar-refractivity contribution in [1.29, 1.82) is 0 Å². The Hall–Kier alpha value is -1.99. The molecule has 2 unspecified atom stereocenters. The van der Waals surface area contributed by atoms with Gasteiger partial charge in [0.2, 0.25) is 0 Å². The number of alkyl carbamates (subject to hydrolysis) is 1. The van der Waals surface area contributed by atoms with E-state index in [1.54, 1.807) is 26.8 Å². The van der Waals surface area contributed by atoms with Crippen LogP contribution in [0.25, 0.3) is 0 Å². The van der Waals surface area contributed by atoms with Crippen LogP contribution in [0.5, 0.6) is 0 Å². The van der Waals surface area contributed by atoms with Crippen molar-refractivity contribution >= 4 is 12.4 Å². The van der Waals surface area contributed by atoms with Gasteiger partial charge in [-0.05, 0) is 56.4 Å². The van der Waals surface area contributed by atoms with Gasteiger partial charge in [-0.1, -0.05) is 6.07 Å². The number of carbonyl (C=O) groups is 2. The molecule has 7 heteroatoms. The van der Waals surface area contributed by atoms with E-state index in [1.165, 1.54) is 6.07 Å². The summed E-state index contributed by atoms with van der Waals surface area (Å²) in [5.41, 5.74) is -0.135. The second-order valence-corrected chi connectivity index (χ2v) is 8.12. The molecule has 1 heterocycles. The first-order valence-electron chi connectivity index (χ1n) is 8.67. The highest BCUT2D eigenvalue weighted by molar-refractivity contribution is 5.69. The molecule has 2 atom stereocenters. The summed E-state index contributed by atoms with van der Waals surface area (Å²) in [5, 5.41) is 13.5. The molecular formula is C19H24FNO5. The van der Waals surface area contributed by atoms with Gasteiger partial charge in [0, 0.05) is 5.92 Å². The Kier molecular flexibility index (Phi) is 4.79. The first kappa shape index (κ1) is 18.8. The van der Waals surface area contributed by atoms with Crippen LogP contribution < -0.4 is 5.32 Å². The van der Waals surface area contributed by atoms with Crippen LogP contribution in [0.2, 0.25) is 0 Å².